The van der Waals surface area contributed by atoms with Gasteiger partial charge in [-0.05, 0) is 44.1 Å². The number of rotatable bonds is 13. The van der Waals surface area contributed by atoms with Crippen LogP contribution in [0.5, 0.6) is 0 Å². The fraction of sp³-hybridized carbons (Fsp3) is 1.00. The maximum Gasteiger partial charge on any atom is 0.0462 e. The smallest absolute Gasteiger partial charge is 0.0462 e. The molecule has 0 spiro atoms. The lowest BCUT2D eigenvalue weighted by molar-refractivity contribution is 0.169. The second-order valence-electron chi connectivity index (χ2n) is 5.58. The zero-order valence-electron chi connectivity index (χ0n) is 13.2. The van der Waals surface area contributed by atoms with Gasteiger partial charge in [0.25, 0.3) is 0 Å². The van der Waals surface area contributed by atoms with Crippen LogP contribution in [-0.2, 0) is 4.74 Å². The first-order valence-electron chi connectivity index (χ1n) is 7.94. The molecule has 0 bridgehead atoms. The zero-order chi connectivity index (χ0) is 13.7. The van der Waals surface area contributed by atoms with Crippen molar-refractivity contribution in [1.29, 1.82) is 0 Å². The Kier molecular flexibility index (Phi) is 11.9. The van der Waals surface area contributed by atoms with Gasteiger partial charge in [-0.2, -0.15) is 0 Å². The van der Waals surface area contributed by atoms with Crippen LogP contribution in [-0.4, -0.2) is 26.8 Å². The lowest BCUT2D eigenvalue weighted by atomic mass is 9.76. The molecule has 0 saturated carbocycles. The summed E-state index contributed by atoms with van der Waals surface area (Å²) in [6.07, 6.45) is 10.5. The summed E-state index contributed by atoms with van der Waals surface area (Å²) in [5, 5.41) is 3.65. The third-order valence-corrected chi connectivity index (χ3v) is 4.04. The van der Waals surface area contributed by atoms with E-state index >= 15 is 0 Å². The van der Waals surface area contributed by atoms with E-state index in [0.717, 1.165) is 13.2 Å². The van der Waals surface area contributed by atoms with Crippen LogP contribution in [0.1, 0.15) is 72.1 Å². The van der Waals surface area contributed by atoms with Crippen LogP contribution in [0.4, 0.5) is 0 Å². The van der Waals surface area contributed by atoms with E-state index in [1.807, 2.05) is 0 Å². The van der Waals surface area contributed by atoms with Gasteiger partial charge in [0, 0.05) is 20.3 Å². The maximum atomic E-state index is 5.15. The van der Waals surface area contributed by atoms with Crippen molar-refractivity contribution in [3.63, 3.8) is 0 Å². The third kappa shape index (κ3) is 8.10. The van der Waals surface area contributed by atoms with Gasteiger partial charge in [-0.3, -0.25) is 0 Å². The first-order chi connectivity index (χ1) is 8.74. The van der Waals surface area contributed by atoms with Gasteiger partial charge in [0.05, 0.1) is 0 Å². The van der Waals surface area contributed by atoms with E-state index in [0.29, 0.717) is 5.41 Å². The standard InChI is InChI=1S/C16H35NO/c1-5-8-11-16(7-3,15-17-13-6-2)12-9-10-14-18-4/h17H,5-15H2,1-4H3. The van der Waals surface area contributed by atoms with Gasteiger partial charge in [-0.1, -0.05) is 40.0 Å². The van der Waals surface area contributed by atoms with Gasteiger partial charge in [-0.25, -0.2) is 0 Å². The number of hydrogen-bond donors (Lipinski definition) is 1. The van der Waals surface area contributed by atoms with Gasteiger partial charge in [0.1, 0.15) is 0 Å². The lowest BCUT2D eigenvalue weighted by Crippen LogP contribution is -2.34. The molecule has 0 aliphatic rings. The Bertz CT molecular complexity index is 172. The number of ether oxygens (including phenoxy) is 1. The van der Waals surface area contributed by atoms with E-state index in [4.69, 9.17) is 4.74 Å². The molecule has 0 aliphatic heterocycles. The zero-order valence-corrected chi connectivity index (χ0v) is 13.2. The lowest BCUT2D eigenvalue weighted by Gasteiger charge is -2.33. The van der Waals surface area contributed by atoms with Gasteiger partial charge in [0.2, 0.25) is 0 Å². The Morgan fingerprint density at radius 3 is 2.22 bits per heavy atom. The largest absolute Gasteiger partial charge is 0.385 e. The molecule has 0 aromatic rings. The Morgan fingerprint density at radius 2 is 1.67 bits per heavy atom. The van der Waals surface area contributed by atoms with Crippen molar-refractivity contribution in [2.75, 3.05) is 26.8 Å². The van der Waals surface area contributed by atoms with Crippen molar-refractivity contribution in [1.82, 2.24) is 5.32 Å². The number of unbranched alkanes of at least 4 members (excludes halogenated alkanes) is 2. The van der Waals surface area contributed by atoms with Gasteiger partial charge < -0.3 is 10.1 Å². The minimum atomic E-state index is 0.527. The second-order valence-corrected chi connectivity index (χ2v) is 5.58. The van der Waals surface area contributed by atoms with Gasteiger partial charge in [0.15, 0.2) is 0 Å². The van der Waals surface area contributed by atoms with Crippen molar-refractivity contribution in [2.45, 2.75) is 72.1 Å². The fourth-order valence-corrected chi connectivity index (χ4v) is 2.61. The summed E-state index contributed by atoms with van der Waals surface area (Å²) in [7, 11) is 1.80. The molecule has 1 N–H and O–H groups in total. The fourth-order valence-electron chi connectivity index (χ4n) is 2.61. The van der Waals surface area contributed by atoms with Gasteiger partial charge in [-0.15, -0.1) is 0 Å². The first-order valence-corrected chi connectivity index (χ1v) is 7.94. The molecule has 2 heteroatoms. The van der Waals surface area contributed by atoms with Crippen LogP contribution in [0, 0.1) is 5.41 Å². The Hall–Kier alpha value is -0.0800. The van der Waals surface area contributed by atoms with Crippen molar-refractivity contribution < 1.29 is 4.74 Å². The highest BCUT2D eigenvalue weighted by atomic mass is 16.5. The highest BCUT2D eigenvalue weighted by molar-refractivity contribution is 4.80. The predicted molar refractivity (Wildman–Crippen MR) is 81.1 cm³/mol. The van der Waals surface area contributed by atoms with Crippen molar-refractivity contribution in [3.8, 4) is 0 Å². The molecule has 0 saturated heterocycles. The van der Waals surface area contributed by atoms with Crippen molar-refractivity contribution >= 4 is 0 Å². The molecule has 0 aromatic carbocycles. The molecule has 0 amide bonds. The van der Waals surface area contributed by atoms with Crippen LogP contribution >= 0.6 is 0 Å². The summed E-state index contributed by atoms with van der Waals surface area (Å²) in [5.74, 6) is 0. The molecule has 0 heterocycles. The third-order valence-electron chi connectivity index (χ3n) is 4.04. The van der Waals surface area contributed by atoms with E-state index < -0.39 is 0 Å². The number of nitrogens with one attached hydrogen (secondary N) is 1. The SMILES string of the molecule is CCCCC(CC)(CCCCOC)CNCCC. The van der Waals surface area contributed by atoms with E-state index in [1.54, 1.807) is 7.11 Å². The van der Waals surface area contributed by atoms with Crippen molar-refractivity contribution in [2.24, 2.45) is 5.41 Å². The maximum absolute atomic E-state index is 5.15. The second kappa shape index (κ2) is 12.0. The van der Waals surface area contributed by atoms with E-state index in [2.05, 4.69) is 26.1 Å². The Labute approximate surface area is 115 Å². The molecule has 110 valence electrons. The molecule has 0 radical (unpaired) electrons. The quantitative estimate of drug-likeness (QED) is 0.494. The molecular formula is C16H35NO. The molecule has 0 fully saturated rings. The summed E-state index contributed by atoms with van der Waals surface area (Å²) in [6, 6.07) is 0. The van der Waals surface area contributed by atoms with E-state index in [1.165, 1.54) is 57.9 Å². The molecule has 18 heavy (non-hydrogen) atoms. The topological polar surface area (TPSA) is 21.3 Å². The van der Waals surface area contributed by atoms with Crippen LogP contribution < -0.4 is 5.32 Å². The average molecular weight is 257 g/mol. The average Bonchev–Trinajstić information content (AvgIpc) is 2.40. The Morgan fingerprint density at radius 1 is 0.944 bits per heavy atom. The van der Waals surface area contributed by atoms with Crippen molar-refractivity contribution in [3.05, 3.63) is 0 Å². The summed E-state index contributed by atoms with van der Waals surface area (Å²) in [4.78, 5) is 0. The summed E-state index contributed by atoms with van der Waals surface area (Å²) in [6.45, 7) is 10.2. The first kappa shape index (κ1) is 17.9. The number of hydrogen-bond acceptors (Lipinski definition) is 2. The molecular weight excluding hydrogens is 222 g/mol. The molecule has 1 atom stereocenters. The monoisotopic (exact) mass is 257 g/mol. The van der Waals surface area contributed by atoms with Gasteiger partial charge >= 0.3 is 0 Å². The van der Waals surface area contributed by atoms with Crippen LogP contribution in [0.2, 0.25) is 0 Å². The molecule has 1 unspecified atom stereocenters. The van der Waals surface area contributed by atoms with Crippen LogP contribution in [0.3, 0.4) is 0 Å². The van der Waals surface area contributed by atoms with E-state index in [9.17, 15) is 0 Å². The Balaban J connectivity index is 4.15. The van der Waals surface area contributed by atoms with Crippen LogP contribution in [0.15, 0.2) is 0 Å². The normalized spacial score (nSPS) is 14.7. The summed E-state index contributed by atoms with van der Waals surface area (Å²) in [5.41, 5.74) is 0.527. The minimum Gasteiger partial charge on any atom is -0.385 e. The molecule has 0 aromatic heterocycles. The summed E-state index contributed by atoms with van der Waals surface area (Å²) >= 11 is 0. The highest BCUT2D eigenvalue weighted by Crippen LogP contribution is 2.34. The summed E-state index contributed by atoms with van der Waals surface area (Å²) < 4.78 is 5.15. The number of methoxy groups -OCH3 is 1. The minimum absolute atomic E-state index is 0.527. The van der Waals surface area contributed by atoms with Crippen LogP contribution in [0.25, 0.3) is 0 Å². The van der Waals surface area contributed by atoms with E-state index in [-0.39, 0.29) is 0 Å². The molecule has 2 nitrogen and oxygen atoms in total. The molecule has 0 aliphatic carbocycles. The highest BCUT2D eigenvalue weighted by Gasteiger charge is 2.26. The predicted octanol–water partition coefficient (Wildman–Crippen LogP) is 4.39. The molecule has 0 rings (SSSR count).